The fourth-order valence-corrected chi connectivity index (χ4v) is 2.09. The van der Waals surface area contributed by atoms with Crippen molar-refractivity contribution in [2.75, 3.05) is 0 Å². The fourth-order valence-electron chi connectivity index (χ4n) is 2.09. The van der Waals surface area contributed by atoms with Gasteiger partial charge in [0.25, 0.3) is 0 Å². The van der Waals surface area contributed by atoms with Crippen LogP contribution in [0.25, 0.3) is 0 Å². The first kappa shape index (κ1) is 16.5. The second-order valence-corrected chi connectivity index (χ2v) is 6.31. The van der Waals surface area contributed by atoms with E-state index in [0.29, 0.717) is 12.0 Å². The molecule has 0 spiro atoms. The summed E-state index contributed by atoms with van der Waals surface area (Å²) in [5.41, 5.74) is -0.102. The van der Waals surface area contributed by atoms with Crippen molar-refractivity contribution in [3.05, 3.63) is 12.2 Å². The lowest BCUT2D eigenvalue weighted by atomic mass is 9.92. The van der Waals surface area contributed by atoms with E-state index in [4.69, 9.17) is 9.47 Å². The third kappa shape index (κ3) is 4.54. The van der Waals surface area contributed by atoms with Crippen LogP contribution in [0.2, 0.25) is 0 Å². The van der Waals surface area contributed by atoms with Crippen molar-refractivity contribution in [1.29, 1.82) is 0 Å². The molecule has 1 aliphatic rings. The van der Waals surface area contributed by atoms with Crippen LogP contribution in [-0.4, -0.2) is 29.8 Å². The van der Waals surface area contributed by atoms with E-state index in [0.717, 1.165) is 6.42 Å². The molecule has 114 valence electrons. The molecule has 0 aromatic carbocycles. The van der Waals surface area contributed by atoms with Gasteiger partial charge in [-0.25, -0.2) is 9.59 Å². The van der Waals surface area contributed by atoms with Crippen molar-refractivity contribution < 1.29 is 19.1 Å². The van der Waals surface area contributed by atoms with Crippen molar-refractivity contribution in [3.8, 4) is 0 Å². The standard InChI is InChI=1S/C15H25NO4/c1-7-9(2)12(11-8-10(3)13(17)19-11)16-14(18)20-15(4,5)6/h9,11-12H,3,7-8H2,1-2,4-6H3,(H,16,18)/t9?,11?,12-/m0/s1. The van der Waals surface area contributed by atoms with Crippen LogP contribution >= 0.6 is 0 Å². The average molecular weight is 283 g/mol. The molecule has 1 saturated heterocycles. The summed E-state index contributed by atoms with van der Waals surface area (Å²) in [4.78, 5) is 23.4. The van der Waals surface area contributed by atoms with E-state index in [1.165, 1.54) is 0 Å². The van der Waals surface area contributed by atoms with E-state index < -0.39 is 11.7 Å². The van der Waals surface area contributed by atoms with Crippen molar-refractivity contribution in [2.24, 2.45) is 5.92 Å². The zero-order valence-corrected chi connectivity index (χ0v) is 13.0. The van der Waals surface area contributed by atoms with Crippen LogP contribution in [0.4, 0.5) is 4.79 Å². The van der Waals surface area contributed by atoms with Gasteiger partial charge in [0, 0.05) is 12.0 Å². The van der Waals surface area contributed by atoms with Gasteiger partial charge in [0.05, 0.1) is 6.04 Å². The lowest BCUT2D eigenvalue weighted by Gasteiger charge is -2.29. The first-order chi connectivity index (χ1) is 9.14. The van der Waals surface area contributed by atoms with Crippen LogP contribution in [0.5, 0.6) is 0 Å². The van der Waals surface area contributed by atoms with E-state index in [9.17, 15) is 9.59 Å². The molecule has 1 fully saturated rings. The topological polar surface area (TPSA) is 64.6 Å². The number of alkyl carbamates (subject to hydrolysis) is 1. The van der Waals surface area contributed by atoms with Crippen molar-refractivity contribution in [1.82, 2.24) is 5.32 Å². The Hall–Kier alpha value is -1.52. The number of rotatable bonds is 4. The highest BCUT2D eigenvalue weighted by molar-refractivity contribution is 5.90. The molecule has 0 aromatic heterocycles. The lowest BCUT2D eigenvalue weighted by molar-refractivity contribution is -0.140. The molecule has 0 aromatic rings. The Morgan fingerprint density at radius 3 is 2.55 bits per heavy atom. The lowest BCUT2D eigenvalue weighted by Crippen LogP contribution is -2.48. The van der Waals surface area contributed by atoms with E-state index in [1.807, 2.05) is 34.6 Å². The highest BCUT2D eigenvalue weighted by Crippen LogP contribution is 2.26. The van der Waals surface area contributed by atoms with Crippen molar-refractivity contribution in [3.63, 3.8) is 0 Å². The van der Waals surface area contributed by atoms with Crippen LogP contribution in [0, 0.1) is 5.92 Å². The van der Waals surface area contributed by atoms with Gasteiger partial charge < -0.3 is 14.8 Å². The summed E-state index contributed by atoms with van der Waals surface area (Å²) in [5, 5.41) is 2.83. The van der Waals surface area contributed by atoms with E-state index in [2.05, 4.69) is 11.9 Å². The highest BCUT2D eigenvalue weighted by atomic mass is 16.6. The Labute approximate surface area is 120 Å². The Bertz CT molecular complexity index is 381. The summed E-state index contributed by atoms with van der Waals surface area (Å²) in [6, 6.07) is -0.266. The summed E-state index contributed by atoms with van der Waals surface area (Å²) in [5.74, 6) is -0.208. The van der Waals surface area contributed by atoms with Crippen LogP contribution in [0.15, 0.2) is 12.2 Å². The molecular formula is C15H25NO4. The molecule has 1 heterocycles. The molecular weight excluding hydrogens is 258 g/mol. The second-order valence-electron chi connectivity index (χ2n) is 6.31. The van der Waals surface area contributed by atoms with Gasteiger partial charge in [0.2, 0.25) is 0 Å². The largest absolute Gasteiger partial charge is 0.456 e. The Morgan fingerprint density at radius 1 is 1.55 bits per heavy atom. The molecule has 1 rings (SSSR count). The predicted octanol–water partition coefficient (Wildman–Crippen LogP) is 2.80. The second kappa shape index (κ2) is 6.29. The average Bonchev–Trinajstić information content (AvgIpc) is 2.63. The number of hydrogen-bond acceptors (Lipinski definition) is 4. The minimum Gasteiger partial charge on any atom is -0.456 e. The predicted molar refractivity (Wildman–Crippen MR) is 76.2 cm³/mol. The summed E-state index contributed by atoms with van der Waals surface area (Å²) < 4.78 is 10.5. The number of cyclic esters (lactones) is 1. The molecule has 1 aliphatic heterocycles. The van der Waals surface area contributed by atoms with Gasteiger partial charge in [-0.05, 0) is 26.7 Å². The molecule has 0 aliphatic carbocycles. The summed E-state index contributed by atoms with van der Waals surface area (Å²) in [6.45, 7) is 13.1. The maximum absolute atomic E-state index is 11.9. The van der Waals surface area contributed by atoms with E-state index in [-0.39, 0.29) is 24.0 Å². The van der Waals surface area contributed by atoms with Crippen LogP contribution in [-0.2, 0) is 14.3 Å². The van der Waals surface area contributed by atoms with Gasteiger partial charge in [0.15, 0.2) is 0 Å². The molecule has 1 N–H and O–H groups in total. The Morgan fingerprint density at radius 2 is 2.15 bits per heavy atom. The van der Waals surface area contributed by atoms with Gasteiger partial charge in [-0.2, -0.15) is 0 Å². The SMILES string of the molecule is C=C1CC([C@@H](NC(=O)OC(C)(C)C)C(C)CC)OC1=O. The zero-order chi connectivity index (χ0) is 15.5. The molecule has 5 nitrogen and oxygen atoms in total. The van der Waals surface area contributed by atoms with Gasteiger partial charge in [0.1, 0.15) is 11.7 Å². The molecule has 1 amide bonds. The van der Waals surface area contributed by atoms with Gasteiger partial charge >= 0.3 is 12.1 Å². The summed E-state index contributed by atoms with van der Waals surface area (Å²) in [6.07, 6.45) is 0.457. The summed E-state index contributed by atoms with van der Waals surface area (Å²) >= 11 is 0. The van der Waals surface area contributed by atoms with Gasteiger partial charge in [-0.15, -0.1) is 0 Å². The third-order valence-corrected chi connectivity index (χ3v) is 3.34. The van der Waals surface area contributed by atoms with Crippen LogP contribution in [0.1, 0.15) is 47.5 Å². The smallest absolute Gasteiger partial charge is 0.408 e. The first-order valence-corrected chi connectivity index (χ1v) is 7.02. The maximum atomic E-state index is 11.9. The van der Waals surface area contributed by atoms with Crippen LogP contribution in [0.3, 0.4) is 0 Å². The molecule has 20 heavy (non-hydrogen) atoms. The van der Waals surface area contributed by atoms with Gasteiger partial charge in [-0.1, -0.05) is 26.8 Å². The van der Waals surface area contributed by atoms with E-state index in [1.54, 1.807) is 0 Å². The molecule has 5 heteroatoms. The number of carbonyl (C=O) groups is 2. The molecule has 0 saturated carbocycles. The zero-order valence-electron chi connectivity index (χ0n) is 13.0. The van der Waals surface area contributed by atoms with Crippen molar-refractivity contribution >= 4 is 12.1 Å². The first-order valence-electron chi connectivity index (χ1n) is 7.02. The molecule has 0 radical (unpaired) electrons. The Kier molecular flexibility index (Phi) is 5.20. The number of esters is 1. The molecule has 0 bridgehead atoms. The number of nitrogens with one attached hydrogen (secondary N) is 1. The number of amides is 1. The third-order valence-electron chi connectivity index (χ3n) is 3.34. The number of hydrogen-bond donors (Lipinski definition) is 1. The quantitative estimate of drug-likeness (QED) is 0.636. The number of ether oxygens (including phenoxy) is 2. The van der Waals surface area contributed by atoms with Crippen molar-refractivity contribution in [2.45, 2.75) is 65.2 Å². The molecule has 2 unspecified atom stereocenters. The fraction of sp³-hybridized carbons (Fsp3) is 0.733. The highest BCUT2D eigenvalue weighted by Gasteiger charge is 2.37. The monoisotopic (exact) mass is 283 g/mol. The minimum atomic E-state index is -0.556. The Balaban J connectivity index is 2.73. The molecule has 3 atom stereocenters. The summed E-state index contributed by atoms with van der Waals surface area (Å²) in [7, 11) is 0. The minimum absolute atomic E-state index is 0.172. The van der Waals surface area contributed by atoms with E-state index >= 15 is 0 Å². The normalized spacial score (nSPS) is 22.1. The van der Waals surface area contributed by atoms with Gasteiger partial charge in [-0.3, -0.25) is 0 Å². The number of carbonyl (C=O) groups excluding carboxylic acids is 2. The maximum Gasteiger partial charge on any atom is 0.408 e. The van der Waals surface area contributed by atoms with Crippen LogP contribution < -0.4 is 5.32 Å².